The van der Waals surface area contributed by atoms with E-state index >= 15 is 0 Å². The van der Waals surface area contributed by atoms with Crippen molar-refractivity contribution in [3.8, 4) is 0 Å². The summed E-state index contributed by atoms with van der Waals surface area (Å²) in [5.41, 5.74) is 1.46. The van der Waals surface area contributed by atoms with Crippen molar-refractivity contribution >= 4 is 39.2 Å². The maximum Gasteiger partial charge on any atom is 0.232 e. The Morgan fingerprint density at radius 2 is 1.88 bits per heavy atom. The molecular weight excluding hydrogens is 362 g/mol. The number of likely N-dealkylation sites (tertiary alicyclic amines) is 1. The van der Waals surface area contributed by atoms with Gasteiger partial charge in [0.2, 0.25) is 5.91 Å². The Labute approximate surface area is 163 Å². The van der Waals surface area contributed by atoms with Crippen LogP contribution in [0.1, 0.15) is 68.1 Å². The molecule has 0 spiro atoms. The number of thioether (sulfide) groups is 1. The van der Waals surface area contributed by atoms with Crippen molar-refractivity contribution in [1.82, 2.24) is 14.9 Å². The van der Waals surface area contributed by atoms with Crippen molar-refractivity contribution in [2.24, 2.45) is 0 Å². The Hall–Kier alpha value is -1.14. The zero-order valence-electron chi connectivity index (χ0n) is 15.7. The van der Waals surface area contributed by atoms with Crippen molar-refractivity contribution in [2.45, 2.75) is 69.7 Å². The van der Waals surface area contributed by atoms with E-state index in [4.69, 9.17) is 9.97 Å². The summed E-state index contributed by atoms with van der Waals surface area (Å²) in [6, 6.07) is 0. The summed E-state index contributed by atoms with van der Waals surface area (Å²) in [5, 5.41) is 2.27. The number of rotatable bonds is 4. The molecule has 1 amide bonds. The first-order valence-corrected chi connectivity index (χ1v) is 11.7. The molecule has 1 aliphatic carbocycles. The lowest BCUT2D eigenvalue weighted by molar-refractivity contribution is -0.129. The third kappa shape index (κ3) is 3.63. The van der Waals surface area contributed by atoms with Crippen LogP contribution in [0.2, 0.25) is 0 Å². The molecule has 0 atom stereocenters. The van der Waals surface area contributed by atoms with Gasteiger partial charge in [0.05, 0.1) is 5.75 Å². The molecule has 4 rings (SSSR count). The highest BCUT2D eigenvalue weighted by molar-refractivity contribution is 8.00. The third-order valence-electron chi connectivity index (χ3n) is 5.36. The Balaban J connectivity index is 1.63. The summed E-state index contributed by atoms with van der Waals surface area (Å²) in [6.45, 7) is 6.12. The van der Waals surface area contributed by atoms with Gasteiger partial charge in [0, 0.05) is 29.3 Å². The Kier molecular flexibility index (Phi) is 5.50. The highest BCUT2D eigenvalue weighted by atomic mass is 32.2. The molecule has 4 nitrogen and oxygen atoms in total. The van der Waals surface area contributed by atoms with Crippen LogP contribution in [0.25, 0.3) is 10.2 Å². The number of hydrogen-bond acceptors (Lipinski definition) is 5. The number of carbonyl (C=O) groups is 1. The smallest absolute Gasteiger partial charge is 0.232 e. The van der Waals surface area contributed by atoms with Crippen molar-refractivity contribution in [3.63, 3.8) is 0 Å². The van der Waals surface area contributed by atoms with E-state index in [-0.39, 0.29) is 5.91 Å². The summed E-state index contributed by atoms with van der Waals surface area (Å²) < 4.78 is 0. The van der Waals surface area contributed by atoms with Crippen molar-refractivity contribution < 1.29 is 4.79 Å². The predicted molar refractivity (Wildman–Crippen MR) is 109 cm³/mol. The highest BCUT2D eigenvalue weighted by Gasteiger charge is 2.23. The zero-order chi connectivity index (χ0) is 18.1. The molecule has 1 fully saturated rings. The van der Waals surface area contributed by atoms with Gasteiger partial charge in [-0.05, 0) is 50.5 Å². The van der Waals surface area contributed by atoms with E-state index < -0.39 is 0 Å². The molecule has 2 aromatic heterocycles. The van der Waals surface area contributed by atoms with Crippen LogP contribution in [-0.4, -0.2) is 39.6 Å². The van der Waals surface area contributed by atoms with Crippen LogP contribution in [0.5, 0.6) is 0 Å². The Morgan fingerprint density at radius 1 is 1.12 bits per heavy atom. The van der Waals surface area contributed by atoms with Gasteiger partial charge >= 0.3 is 0 Å². The molecule has 26 heavy (non-hydrogen) atoms. The van der Waals surface area contributed by atoms with E-state index in [1.54, 1.807) is 11.8 Å². The summed E-state index contributed by atoms with van der Waals surface area (Å²) in [6.07, 6.45) is 8.37. The quantitative estimate of drug-likeness (QED) is 0.557. The fraction of sp³-hybridized carbons (Fsp3) is 0.650. The first-order valence-electron chi connectivity index (χ1n) is 9.86. The van der Waals surface area contributed by atoms with Crippen LogP contribution in [0.3, 0.4) is 0 Å². The SMILES string of the molecule is CC(C)c1nc(SCC(=O)N2CCCCC2)c2c3c(sc2n1)CCCC3. The van der Waals surface area contributed by atoms with Crippen LogP contribution in [0.15, 0.2) is 5.03 Å². The number of aromatic nitrogens is 2. The van der Waals surface area contributed by atoms with Gasteiger partial charge in [-0.2, -0.15) is 0 Å². The van der Waals surface area contributed by atoms with Crippen LogP contribution in [0, 0.1) is 0 Å². The Morgan fingerprint density at radius 3 is 2.65 bits per heavy atom. The fourth-order valence-electron chi connectivity index (χ4n) is 3.87. The molecule has 2 aromatic rings. The minimum Gasteiger partial charge on any atom is -0.342 e. The van der Waals surface area contributed by atoms with E-state index in [9.17, 15) is 4.79 Å². The molecule has 2 aliphatic rings. The topological polar surface area (TPSA) is 46.1 Å². The average molecular weight is 390 g/mol. The zero-order valence-corrected chi connectivity index (χ0v) is 17.3. The average Bonchev–Trinajstić information content (AvgIpc) is 3.05. The summed E-state index contributed by atoms with van der Waals surface area (Å²) in [4.78, 5) is 27.0. The van der Waals surface area contributed by atoms with Gasteiger partial charge in [-0.1, -0.05) is 25.6 Å². The van der Waals surface area contributed by atoms with Crippen LogP contribution in [0.4, 0.5) is 0 Å². The van der Waals surface area contributed by atoms with Gasteiger partial charge in [0.15, 0.2) is 0 Å². The van der Waals surface area contributed by atoms with E-state index in [0.717, 1.165) is 48.0 Å². The van der Waals surface area contributed by atoms with Gasteiger partial charge < -0.3 is 4.90 Å². The van der Waals surface area contributed by atoms with E-state index in [2.05, 4.69) is 13.8 Å². The first-order chi connectivity index (χ1) is 12.6. The molecule has 1 saturated heterocycles. The minimum atomic E-state index is 0.261. The van der Waals surface area contributed by atoms with Crippen LogP contribution < -0.4 is 0 Å². The number of nitrogens with zero attached hydrogens (tertiary/aromatic N) is 3. The highest BCUT2D eigenvalue weighted by Crippen LogP contribution is 2.40. The Bertz CT molecular complexity index is 809. The van der Waals surface area contributed by atoms with Crippen LogP contribution >= 0.6 is 23.1 Å². The second kappa shape index (κ2) is 7.85. The molecular formula is C20H27N3OS2. The molecule has 0 N–H and O–H groups in total. The van der Waals surface area contributed by atoms with Gasteiger partial charge in [0.25, 0.3) is 0 Å². The van der Waals surface area contributed by atoms with Crippen molar-refractivity contribution in [3.05, 3.63) is 16.3 Å². The van der Waals surface area contributed by atoms with Crippen molar-refractivity contribution in [2.75, 3.05) is 18.8 Å². The molecule has 140 valence electrons. The predicted octanol–water partition coefficient (Wildman–Crippen LogP) is 4.80. The molecule has 1 aliphatic heterocycles. The van der Waals surface area contributed by atoms with E-state index in [1.165, 1.54) is 41.5 Å². The molecule has 6 heteroatoms. The van der Waals surface area contributed by atoms with Gasteiger partial charge in [-0.3, -0.25) is 4.79 Å². The lowest BCUT2D eigenvalue weighted by Gasteiger charge is -2.26. The number of piperidine rings is 1. The maximum absolute atomic E-state index is 12.6. The number of thiophene rings is 1. The first kappa shape index (κ1) is 18.2. The fourth-order valence-corrected chi connectivity index (χ4v) is 6.16. The number of carbonyl (C=O) groups excluding carboxylic acids is 1. The molecule has 0 saturated carbocycles. The molecule has 0 unspecified atom stereocenters. The minimum absolute atomic E-state index is 0.261. The maximum atomic E-state index is 12.6. The second-order valence-corrected chi connectivity index (χ2v) is 9.71. The van der Waals surface area contributed by atoms with Crippen LogP contribution in [-0.2, 0) is 17.6 Å². The summed E-state index contributed by atoms with van der Waals surface area (Å²) in [7, 11) is 0. The molecule has 3 heterocycles. The number of aryl methyl sites for hydroxylation is 2. The standard InChI is InChI=1S/C20H27N3OS2/c1-13(2)18-21-19(25-12-16(24)23-10-6-3-7-11-23)17-14-8-4-5-9-15(14)26-20(17)22-18/h13H,3-12H2,1-2H3. The largest absolute Gasteiger partial charge is 0.342 e. The normalized spacial score (nSPS) is 17.7. The summed E-state index contributed by atoms with van der Waals surface area (Å²) >= 11 is 3.47. The summed E-state index contributed by atoms with van der Waals surface area (Å²) in [5.74, 6) is 1.96. The lowest BCUT2D eigenvalue weighted by atomic mass is 9.97. The molecule has 0 radical (unpaired) electrons. The van der Waals surface area contributed by atoms with Gasteiger partial charge in [-0.15, -0.1) is 11.3 Å². The number of amides is 1. The number of fused-ring (bicyclic) bond motifs is 3. The van der Waals surface area contributed by atoms with E-state index in [0.29, 0.717) is 11.7 Å². The third-order valence-corrected chi connectivity index (χ3v) is 7.50. The lowest BCUT2D eigenvalue weighted by Crippen LogP contribution is -2.36. The molecule has 0 bridgehead atoms. The monoisotopic (exact) mass is 389 g/mol. The number of hydrogen-bond donors (Lipinski definition) is 0. The van der Waals surface area contributed by atoms with E-state index in [1.807, 2.05) is 16.2 Å². The van der Waals surface area contributed by atoms with Gasteiger partial charge in [0.1, 0.15) is 15.7 Å². The van der Waals surface area contributed by atoms with Gasteiger partial charge in [-0.25, -0.2) is 9.97 Å². The van der Waals surface area contributed by atoms with Crippen molar-refractivity contribution in [1.29, 1.82) is 0 Å². The second-order valence-electron chi connectivity index (χ2n) is 7.66. The molecule has 0 aromatic carbocycles.